The molecule has 0 saturated heterocycles. The quantitative estimate of drug-likeness (QED) is 0.482. The van der Waals surface area contributed by atoms with E-state index < -0.39 is 18.4 Å². The first-order chi connectivity index (χ1) is 6.16. The minimum atomic E-state index is -1.85. The van der Waals surface area contributed by atoms with Gasteiger partial charge in [0.25, 0.3) is 0 Å². The van der Waals surface area contributed by atoms with Crippen molar-refractivity contribution in [3.05, 3.63) is 7.67 Å². The third-order valence-corrected chi connectivity index (χ3v) is 26.1. The molecule has 0 aliphatic carbocycles. The van der Waals surface area contributed by atoms with Gasteiger partial charge >= 0.3 is 101 Å². The predicted octanol–water partition coefficient (Wildman–Crippen LogP) is 4.00. The van der Waals surface area contributed by atoms with Crippen molar-refractivity contribution < 1.29 is 4.74 Å². The van der Waals surface area contributed by atoms with E-state index in [4.69, 9.17) is 4.74 Å². The minimum absolute atomic E-state index is 0.789. The van der Waals surface area contributed by atoms with Crippen molar-refractivity contribution in [2.75, 3.05) is 13.7 Å². The zero-order chi connectivity index (χ0) is 10.3. The van der Waals surface area contributed by atoms with Crippen LogP contribution in [0.4, 0.5) is 0 Å². The molecule has 0 fully saturated rings. The van der Waals surface area contributed by atoms with Crippen molar-refractivity contribution in [2.24, 2.45) is 0 Å². The first-order valence-electron chi connectivity index (χ1n) is 5.01. The van der Waals surface area contributed by atoms with E-state index in [1.54, 1.807) is 8.71 Å². The second-order valence-corrected chi connectivity index (χ2v) is 22.3. The topological polar surface area (TPSA) is 9.23 Å². The molecule has 0 N–H and O–H groups in total. The molecule has 0 aromatic heterocycles. The molecule has 0 spiro atoms. The van der Waals surface area contributed by atoms with Crippen LogP contribution in [0.2, 0.25) is 13.3 Å². The van der Waals surface area contributed by atoms with Crippen LogP contribution < -0.4 is 0 Å². The second-order valence-electron chi connectivity index (χ2n) is 3.35. The van der Waals surface area contributed by atoms with Crippen LogP contribution in [-0.2, 0) is 4.74 Å². The third kappa shape index (κ3) is 4.08. The van der Waals surface area contributed by atoms with Crippen molar-refractivity contribution in [3.63, 3.8) is 0 Å². The van der Waals surface area contributed by atoms with E-state index in [1.807, 2.05) is 0 Å². The van der Waals surface area contributed by atoms with E-state index in [2.05, 4.69) is 49.4 Å². The van der Waals surface area contributed by atoms with Crippen molar-refractivity contribution in [2.45, 2.75) is 34.1 Å². The summed E-state index contributed by atoms with van der Waals surface area (Å²) in [5.41, 5.74) is 0. The van der Waals surface area contributed by atoms with Crippen LogP contribution in [0, 0.1) is 0 Å². The van der Waals surface area contributed by atoms with Crippen molar-refractivity contribution in [1.29, 1.82) is 0 Å². The molecule has 0 radical (unpaired) electrons. The van der Waals surface area contributed by atoms with Crippen molar-refractivity contribution >= 4 is 41.0 Å². The Labute approximate surface area is 100 Å². The number of hydrogen-bond acceptors (Lipinski definition) is 1. The molecule has 0 aromatic rings. The molecule has 0 rings (SSSR count). The van der Waals surface area contributed by atoms with Crippen LogP contribution in [0.25, 0.3) is 0 Å². The van der Waals surface area contributed by atoms with E-state index in [0.29, 0.717) is 0 Å². The Morgan fingerprint density at radius 3 is 2.00 bits per heavy atom. The van der Waals surface area contributed by atoms with Crippen LogP contribution in [0.1, 0.15) is 20.8 Å². The molecule has 0 aromatic carbocycles. The summed E-state index contributed by atoms with van der Waals surface area (Å²) in [4.78, 5) is 0. The van der Waals surface area contributed by atoms with Gasteiger partial charge in [0, 0.05) is 0 Å². The molecule has 0 aliphatic heterocycles. The first kappa shape index (κ1) is 14.2. The van der Waals surface area contributed by atoms with E-state index in [-0.39, 0.29) is 0 Å². The summed E-state index contributed by atoms with van der Waals surface area (Å²) in [6, 6.07) is 0. The summed E-state index contributed by atoms with van der Waals surface area (Å²) in [6.07, 6.45) is 2.30. The van der Waals surface area contributed by atoms with E-state index in [9.17, 15) is 0 Å². The maximum atomic E-state index is 5.09. The SMILES string of the molecule is C[CH2][Sn]([CH2]C)([CH2]C)/[C](I)=C\COC. The molecule has 0 saturated carbocycles. The monoisotopic (exact) mass is 404 g/mol. The maximum absolute atomic E-state index is 5.09. The number of hydrogen-bond donors (Lipinski definition) is 0. The Morgan fingerprint density at radius 1 is 1.23 bits per heavy atom. The molecule has 0 atom stereocenters. The normalized spacial score (nSPS) is 13.5. The van der Waals surface area contributed by atoms with Gasteiger partial charge in [-0.3, -0.25) is 0 Å². The van der Waals surface area contributed by atoms with Crippen LogP contribution in [0.3, 0.4) is 0 Å². The Bertz CT molecular complexity index is 156. The Hall–Kier alpha value is 1.23. The van der Waals surface area contributed by atoms with Gasteiger partial charge in [-0.05, 0) is 0 Å². The fourth-order valence-electron chi connectivity index (χ4n) is 1.63. The van der Waals surface area contributed by atoms with E-state index in [0.717, 1.165) is 6.61 Å². The molecule has 13 heavy (non-hydrogen) atoms. The summed E-state index contributed by atoms with van der Waals surface area (Å²) >= 11 is 0.700. The molecule has 0 aliphatic rings. The van der Waals surface area contributed by atoms with E-state index in [1.165, 1.54) is 13.3 Å². The van der Waals surface area contributed by atoms with Gasteiger partial charge in [-0.15, -0.1) is 0 Å². The molecule has 3 heteroatoms. The van der Waals surface area contributed by atoms with Crippen LogP contribution >= 0.6 is 22.6 Å². The van der Waals surface area contributed by atoms with Gasteiger partial charge in [-0.1, -0.05) is 0 Å². The van der Waals surface area contributed by atoms with Gasteiger partial charge in [0.15, 0.2) is 0 Å². The zero-order valence-electron chi connectivity index (χ0n) is 9.19. The average molecular weight is 403 g/mol. The Kier molecular flexibility index (Phi) is 8.22. The standard InChI is InChI=1S/C4H6IO.3C2H5.Sn/c1-6-4-2-3-5;3*1-2;/h2H,4H2,1H3;3*1H2,2H3;. The summed E-state index contributed by atoms with van der Waals surface area (Å²) in [6.45, 7) is 7.88. The average Bonchev–Trinajstić information content (AvgIpc) is 2.18. The van der Waals surface area contributed by atoms with Gasteiger partial charge < -0.3 is 0 Å². The number of rotatable bonds is 6. The summed E-state index contributed by atoms with van der Waals surface area (Å²) in [5, 5.41) is 0. The fourth-order valence-corrected chi connectivity index (χ4v) is 18.1. The molecule has 1 nitrogen and oxygen atoms in total. The van der Waals surface area contributed by atoms with E-state index >= 15 is 0 Å². The van der Waals surface area contributed by atoms with Crippen LogP contribution in [-0.4, -0.2) is 32.1 Å². The second kappa shape index (κ2) is 7.51. The molecule has 0 bridgehead atoms. The molecular formula is C10H21IOSn. The number of methoxy groups -OCH3 is 1. The summed E-state index contributed by atoms with van der Waals surface area (Å²) in [5.74, 6) is 0. The predicted molar refractivity (Wildman–Crippen MR) is 71.2 cm³/mol. The van der Waals surface area contributed by atoms with Gasteiger partial charge in [-0.25, -0.2) is 0 Å². The van der Waals surface area contributed by atoms with Crippen LogP contribution in [0.5, 0.6) is 0 Å². The fraction of sp³-hybridized carbons (Fsp3) is 0.800. The Morgan fingerprint density at radius 2 is 1.69 bits per heavy atom. The number of ether oxygens (including phenoxy) is 1. The zero-order valence-corrected chi connectivity index (χ0v) is 14.2. The van der Waals surface area contributed by atoms with Gasteiger partial charge in [0.1, 0.15) is 0 Å². The van der Waals surface area contributed by atoms with Crippen molar-refractivity contribution in [1.82, 2.24) is 0 Å². The van der Waals surface area contributed by atoms with Crippen molar-refractivity contribution in [3.8, 4) is 0 Å². The molecule has 0 amide bonds. The molecule has 0 unspecified atom stereocenters. The number of halogens is 1. The summed E-state index contributed by atoms with van der Waals surface area (Å²) < 4.78 is 11.1. The molecule has 0 heterocycles. The molecular weight excluding hydrogens is 382 g/mol. The van der Waals surface area contributed by atoms with Gasteiger partial charge in [-0.2, -0.15) is 0 Å². The van der Waals surface area contributed by atoms with Gasteiger partial charge in [0.05, 0.1) is 0 Å². The molecule has 78 valence electrons. The third-order valence-electron chi connectivity index (χ3n) is 2.97. The van der Waals surface area contributed by atoms with Gasteiger partial charge in [0.2, 0.25) is 0 Å². The first-order valence-corrected chi connectivity index (χ1v) is 13.6. The Balaban J connectivity index is 4.52. The summed E-state index contributed by atoms with van der Waals surface area (Å²) in [7, 11) is 1.77. The van der Waals surface area contributed by atoms with Crippen LogP contribution in [0.15, 0.2) is 7.67 Å².